The van der Waals surface area contributed by atoms with Crippen LogP contribution in [0.15, 0.2) is 42.6 Å². The lowest BCUT2D eigenvalue weighted by Crippen LogP contribution is -2.34. The van der Waals surface area contributed by atoms with Gasteiger partial charge in [0.05, 0.1) is 12.2 Å². The number of hydrogen-bond acceptors (Lipinski definition) is 5. The van der Waals surface area contributed by atoms with E-state index >= 15 is 0 Å². The summed E-state index contributed by atoms with van der Waals surface area (Å²) in [6, 6.07) is 12.3. The molecule has 6 nitrogen and oxygen atoms in total. The molecule has 0 N–H and O–H groups in total. The Kier molecular flexibility index (Phi) is 4.97. The normalized spacial score (nSPS) is 17.7. The lowest BCUT2D eigenvalue weighted by molar-refractivity contribution is 0.268. The van der Waals surface area contributed by atoms with Gasteiger partial charge in [0.1, 0.15) is 11.6 Å². The van der Waals surface area contributed by atoms with Gasteiger partial charge >= 0.3 is 0 Å². The number of pyridine rings is 1. The summed E-state index contributed by atoms with van der Waals surface area (Å²) in [6.45, 7) is 6.81. The molecule has 0 spiro atoms. The molecule has 0 bridgehead atoms. The zero-order valence-corrected chi connectivity index (χ0v) is 17.4. The molecular weight excluding hydrogens is 384 g/mol. The van der Waals surface area contributed by atoms with Crippen LogP contribution < -0.4 is 4.90 Å². The van der Waals surface area contributed by atoms with E-state index in [1.165, 1.54) is 11.3 Å². The van der Waals surface area contributed by atoms with Gasteiger partial charge in [0, 0.05) is 36.8 Å². The summed E-state index contributed by atoms with van der Waals surface area (Å²) in [5.74, 6) is 3.56. The topological polar surface area (TPSA) is 50.1 Å². The average molecular weight is 409 g/mol. The van der Waals surface area contributed by atoms with Crippen LogP contribution in [0.2, 0.25) is 5.02 Å². The molecule has 1 saturated heterocycles. The van der Waals surface area contributed by atoms with E-state index in [2.05, 4.69) is 54.7 Å². The van der Waals surface area contributed by atoms with Crippen molar-refractivity contribution >= 4 is 17.4 Å². The molecule has 0 radical (unpaired) electrons. The molecule has 0 unspecified atom stereocenters. The van der Waals surface area contributed by atoms with Crippen LogP contribution in [0.25, 0.3) is 5.69 Å². The van der Waals surface area contributed by atoms with Gasteiger partial charge in [-0.15, -0.1) is 10.2 Å². The molecular formula is C22H25ClN6. The molecule has 1 fully saturated rings. The van der Waals surface area contributed by atoms with Crippen LogP contribution in [0.3, 0.4) is 0 Å². The molecule has 0 saturated carbocycles. The summed E-state index contributed by atoms with van der Waals surface area (Å²) in [5, 5.41) is 10.1. The highest BCUT2D eigenvalue weighted by Gasteiger charge is 2.30. The van der Waals surface area contributed by atoms with Crippen molar-refractivity contribution in [1.29, 1.82) is 0 Å². The first-order valence-corrected chi connectivity index (χ1v) is 10.7. The number of anilines is 1. The van der Waals surface area contributed by atoms with Crippen molar-refractivity contribution in [3.05, 3.63) is 64.8 Å². The highest BCUT2D eigenvalue weighted by atomic mass is 35.5. The van der Waals surface area contributed by atoms with E-state index in [9.17, 15) is 0 Å². The van der Waals surface area contributed by atoms with Crippen molar-refractivity contribution in [2.45, 2.75) is 38.8 Å². The summed E-state index contributed by atoms with van der Waals surface area (Å²) in [4.78, 5) is 9.25. The van der Waals surface area contributed by atoms with Crippen LogP contribution >= 0.6 is 11.6 Å². The van der Waals surface area contributed by atoms with Crippen molar-refractivity contribution < 1.29 is 0 Å². The maximum Gasteiger partial charge on any atom is 0.151 e. The number of piperidine rings is 1. The molecule has 2 aliphatic heterocycles. The molecule has 2 aliphatic rings. The minimum absolute atomic E-state index is 0.396. The smallest absolute Gasteiger partial charge is 0.151 e. The van der Waals surface area contributed by atoms with Gasteiger partial charge in [0.2, 0.25) is 0 Å². The number of aromatic nitrogens is 4. The maximum absolute atomic E-state index is 6.31. The highest BCUT2D eigenvalue weighted by molar-refractivity contribution is 6.30. The second-order valence-electron chi connectivity index (χ2n) is 7.84. The summed E-state index contributed by atoms with van der Waals surface area (Å²) in [5.41, 5.74) is 2.41. The second kappa shape index (κ2) is 7.76. The highest BCUT2D eigenvalue weighted by Crippen LogP contribution is 2.34. The summed E-state index contributed by atoms with van der Waals surface area (Å²) < 4.78 is 2.29. The Morgan fingerprint density at radius 2 is 1.93 bits per heavy atom. The van der Waals surface area contributed by atoms with Crippen LogP contribution in [0, 0.1) is 0 Å². The van der Waals surface area contributed by atoms with Crippen molar-refractivity contribution in [2.75, 3.05) is 24.5 Å². The van der Waals surface area contributed by atoms with Gasteiger partial charge in [-0.25, -0.2) is 4.98 Å². The summed E-state index contributed by atoms with van der Waals surface area (Å²) >= 11 is 6.31. The zero-order valence-electron chi connectivity index (χ0n) is 16.6. The number of rotatable bonds is 3. The minimum atomic E-state index is 0.396. The van der Waals surface area contributed by atoms with Gasteiger partial charge in [-0.3, -0.25) is 9.47 Å². The van der Waals surface area contributed by atoms with Crippen LogP contribution in [0.5, 0.6) is 0 Å². The largest absolute Gasteiger partial charge is 0.357 e. The Hall–Kier alpha value is -2.44. The van der Waals surface area contributed by atoms with Gasteiger partial charge in [-0.1, -0.05) is 24.6 Å². The number of halogens is 1. The zero-order chi connectivity index (χ0) is 19.8. The molecule has 4 heterocycles. The fraction of sp³-hybridized carbons (Fsp3) is 0.409. The van der Waals surface area contributed by atoms with Crippen LogP contribution in [0.4, 0.5) is 5.82 Å². The molecule has 29 heavy (non-hydrogen) atoms. The third-order valence-electron chi connectivity index (χ3n) is 6.08. The van der Waals surface area contributed by atoms with Gasteiger partial charge in [0.25, 0.3) is 0 Å². The summed E-state index contributed by atoms with van der Waals surface area (Å²) in [7, 11) is 0. The molecule has 5 rings (SSSR count). The Bertz CT molecular complexity index is 994. The Morgan fingerprint density at radius 1 is 1.07 bits per heavy atom. The molecule has 3 aromatic rings. The Balaban J connectivity index is 1.46. The van der Waals surface area contributed by atoms with E-state index in [1.807, 2.05) is 24.4 Å². The SMILES string of the molecule is CCN1Cc2cc(Cl)ccc2-n2c(nnc2C2CCN(c3ccccn3)CC2)C1. The molecule has 0 amide bonds. The fourth-order valence-electron chi connectivity index (χ4n) is 4.49. The number of benzene rings is 1. The van der Waals surface area contributed by atoms with E-state index in [4.69, 9.17) is 11.6 Å². The Labute approximate surface area is 176 Å². The number of nitrogens with zero attached hydrogens (tertiary/aromatic N) is 6. The van der Waals surface area contributed by atoms with E-state index in [0.717, 1.165) is 68.1 Å². The lowest BCUT2D eigenvalue weighted by atomic mass is 9.95. The maximum atomic E-state index is 6.31. The van der Waals surface area contributed by atoms with Crippen molar-refractivity contribution in [3.63, 3.8) is 0 Å². The molecule has 2 aromatic heterocycles. The van der Waals surface area contributed by atoms with Crippen LogP contribution in [-0.2, 0) is 13.1 Å². The first-order valence-electron chi connectivity index (χ1n) is 10.3. The predicted molar refractivity (Wildman–Crippen MR) is 115 cm³/mol. The van der Waals surface area contributed by atoms with Gasteiger partial charge < -0.3 is 4.90 Å². The van der Waals surface area contributed by atoms with E-state index < -0.39 is 0 Å². The number of fused-ring (bicyclic) bond motifs is 3. The Morgan fingerprint density at radius 3 is 2.69 bits per heavy atom. The third-order valence-corrected chi connectivity index (χ3v) is 6.31. The van der Waals surface area contributed by atoms with E-state index in [-0.39, 0.29) is 0 Å². The van der Waals surface area contributed by atoms with Crippen LogP contribution in [0.1, 0.15) is 42.9 Å². The monoisotopic (exact) mass is 408 g/mol. The first-order chi connectivity index (χ1) is 14.2. The average Bonchev–Trinajstić information content (AvgIpc) is 3.10. The van der Waals surface area contributed by atoms with Gasteiger partial charge in [-0.2, -0.15) is 0 Å². The van der Waals surface area contributed by atoms with E-state index in [0.29, 0.717) is 5.92 Å². The first kappa shape index (κ1) is 18.6. The molecule has 1 aromatic carbocycles. The van der Waals surface area contributed by atoms with Crippen molar-refractivity contribution in [3.8, 4) is 5.69 Å². The van der Waals surface area contributed by atoms with Crippen molar-refractivity contribution in [2.24, 2.45) is 0 Å². The van der Waals surface area contributed by atoms with Gasteiger partial charge in [0.15, 0.2) is 5.82 Å². The lowest BCUT2D eigenvalue weighted by Gasteiger charge is -2.32. The molecule has 0 atom stereocenters. The molecule has 0 aliphatic carbocycles. The fourth-order valence-corrected chi connectivity index (χ4v) is 4.68. The van der Waals surface area contributed by atoms with E-state index in [1.54, 1.807) is 0 Å². The van der Waals surface area contributed by atoms with Crippen molar-refractivity contribution in [1.82, 2.24) is 24.6 Å². The molecule has 150 valence electrons. The molecule has 7 heteroatoms. The second-order valence-corrected chi connectivity index (χ2v) is 8.27. The van der Waals surface area contributed by atoms with Gasteiger partial charge in [-0.05, 0) is 55.3 Å². The standard InChI is InChI=1S/C22H25ClN6/c1-2-27-14-17-13-18(23)6-7-19(17)29-21(15-27)25-26-22(29)16-8-11-28(12-9-16)20-5-3-4-10-24-20/h3-7,10,13,16H,2,8-9,11-12,14-15H2,1H3. The predicted octanol–water partition coefficient (Wildman–Crippen LogP) is 4.04. The quantitative estimate of drug-likeness (QED) is 0.654. The number of hydrogen-bond donors (Lipinski definition) is 0. The van der Waals surface area contributed by atoms with Crippen LogP contribution in [-0.4, -0.2) is 44.3 Å². The third kappa shape index (κ3) is 3.51. The minimum Gasteiger partial charge on any atom is -0.357 e. The summed E-state index contributed by atoms with van der Waals surface area (Å²) in [6.07, 6.45) is 3.96.